The molecule has 0 atom stereocenters. The van der Waals surface area contributed by atoms with Crippen LogP contribution in [0.25, 0.3) is 95.3 Å². The molecule has 7 aromatic carbocycles. The largest absolute Gasteiger partial charge is 0.306 e. The second-order valence-corrected chi connectivity index (χ2v) is 14.8. The van der Waals surface area contributed by atoms with E-state index >= 15 is 0 Å². The maximum atomic E-state index is 10.5. The number of benzene rings is 7. The van der Waals surface area contributed by atoms with Gasteiger partial charge in [0, 0.05) is 61.9 Å². The maximum absolute atomic E-state index is 10.5. The molecular formula is C44H22N4S2. The molecule has 4 nitrogen and oxygen atoms in total. The van der Waals surface area contributed by atoms with E-state index in [1.165, 1.54) is 40.3 Å². The fourth-order valence-electron chi connectivity index (χ4n) is 8.15. The Morgan fingerprint density at radius 3 is 1.24 bits per heavy atom. The molecule has 0 fully saturated rings. The summed E-state index contributed by atoms with van der Waals surface area (Å²) in [7, 11) is 0. The lowest BCUT2D eigenvalue weighted by Crippen LogP contribution is -2.06. The van der Waals surface area contributed by atoms with Gasteiger partial charge in [-0.1, -0.05) is 84.9 Å². The third kappa shape index (κ3) is 3.51. The van der Waals surface area contributed by atoms with Crippen molar-refractivity contribution >= 4 is 107 Å². The van der Waals surface area contributed by atoms with Crippen molar-refractivity contribution in [2.45, 2.75) is 0 Å². The number of rotatable bonds is 2. The van der Waals surface area contributed by atoms with E-state index in [0.29, 0.717) is 11.1 Å². The van der Waals surface area contributed by atoms with Crippen molar-refractivity contribution in [1.82, 2.24) is 9.13 Å². The number of fused-ring (bicyclic) bond motifs is 14. The van der Waals surface area contributed by atoms with Crippen LogP contribution in [0.1, 0.15) is 11.1 Å². The molecule has 0 saturated carbocycles. The van der Waals surface area contributed by atoms with E-state index in [1.54, 1.807) is 22.7 Å². The van der Waals surface area contributed by atoms with Gasteiger partial charge in [0.1, 0.15) is 12.1 Å². The van der Waals surface area contributed by atoms with Crippen LogP contribution in [0, 0.1) is 22.7 Å². The van der Waals surface area contributed by atoms with Gasteiger partial charge in [-0.25, -0.2) is 0 Å². The monoisotopic (exact) mass is 670 g/mol. The molecule has 0 unspecified atom stereocenters. The van der Waals surface area contributed by atoms with Crippen molar-refractivity contribution < 1.29 is 0 Å². The Labute approximate surface area is 293 Å². The van der Waals surface area contributed by atoms with Crippen LogP contribution in [0.2, 0.25) is 0 Å². The van der Waals surface area contributed by atoms with Gasteiger partial charge in [0.15, 0.2) is 0 Å². The quantitative estimate of drug-likeness (QED) is 0.184. The summed E-state index contributed by atoms with van der Waals surface area (Å²) in [6.07, 6.45) is 0. The molecule has 50 heavy (non-hydrogen) atoms. The third-order valence-electron chi connectivity index (χ3n) is 10.2. The molecule has 0 amide bonds. The highest BCUT2D eigenvalue weighted by molar-refractivity contribution is 7.26. The van der Waals surface area contributed by atoms with Crippen LogP contribution in [0.5, 0.6) is 0 Å². The number of nitriles is 2. The standard InChI is InChI=1S/C44H22N4S2/c45-23-25-21-35(47-33-13-5-1-9-27(33)29-17-19-39-41(43(29)47)31-11-3-7-15-37(31)49-39)36(22-26(25)24-46)48-34-14-6-2-10-28(34)30-18-20-40-42(44(30)48)32-12-4-8-16-38(32)50-40/h1-22H. The molecule has 0 bridgehead atoms. The van der Waals surface area contributed by atoms with Crippen LogP contribution >= 0.6 is 22.7 Å². The molecule has 0 saturated heterocycles. The van der Waals surface area contributed by atoms with Crippen LogP contribution in [-0.2, 0) is 0 Å². The van der Waals surface area contributed by atoms with Crippen LogP contribution in [-0.4, -0.2) is 9.13 Å². The molecule has 0 aliphatic carbocycles. The van der Waals surface area contributed by atoms with Crippen molar-refractivity contribution in [3.05, 3.63) is 145 Å². The smallest absolute Gasteiger partial charge is 0.101 e. The first-order chi connectivity index (χ1) is 24.7. The fourth-order valence-corrected chi connectivity index (χ4v) is 10.4. The number of hydrogen-bond acceptors (Lipinski definition) is 4. The number of thiophene rings is 2. The summed E-state index contributed by atoms with van der Waals surface area (Å²) in [6.45, 7) is 0. The minimum absolute atomic E-state index is 0.353. The van der Waals surface area contributed by atoms with Crippen molar-refractivity contribution in [3.8, 4) is 23.5 Å². The van der Waals surface area contributed by atoms with Gasteiger partial charge in [0.05, 0.1) is 44.6 Å². The molecule has 0 aliphatic rings. The fraction of sp³-hybridized carbons (Fsp3) is 0. The lowest BCUT2D eigenvalue weighted by Gasteiger charge is -2.18. The molecule has 4 aromatic heterocycles. The van der Waals surface area contributed by atoms with Gasteiger partial charge in [-0.2, -0.15) is 10.5 Å². The molecule has 0 aliphatic heterocycles. The average molecular weight is 671 g/mol. The van der Waals surface area contributed by atoms with Gasteiger partial charge in [-0.3, -0.25) is 0 Å². The van der Waals surface area contributed by atoms with Crippen LogP contribution in [0.15, 0.2) is 133 Å². The van der Waals surface area contributed by atoms with Crippen LogP contribution in [0.3, 0.4) is 0 Å². The topological polar surface area (TPSA) is 57.4 Å². The second-order valence-electron chi connectivity index (χ2n) is 12.7. The van der Waals surface area contributed by atoms with Crippen molar-refractivity contribution in [3.63, 3.8) is 0 Å². The van der Waals surface area contributed by atoms with Crippen LogP contribution in [0.4, 0.5) is 0 Å². The van der Waals surface area contributed by atoms with Gasteiger partial charge >= 0.3 is 0 Å². The zero-order chi connectivity index (χ0) is 33.1. The maximum Gasteiger partial charge on any atom is 0.101 e. The summed E-state index contributed by atoms with van der Waals surface area (Å²) >= 11 is 3.60. The normalized spacial score (nSPS) is 12.0. The first kappa shape index (κ1) is 27.5. The Balaban J connectivity index is 1.41. The van der Waals surface area contributed by atoms with Gasteiger partial charge in [-0.15, -0.1) is 22.7 Å². The van der Waals surface area contributed by atoms with E-state index in [4.69, 9.17) is 0 Å². The minimum atomic E-state index is 0.353. The predicted molar refractivity (Wildman–Crippen MR) is 210 cm³/mol. The molecule has 6 heteroatoms. The molecule has 4 heterocycles. The number of aromatic nitrogens is 2. The van der Waals surface area contributed by atoms with E-state index < -0.39 is 0 Å². The summed E-state index contributed by atoms with van der Waals surface area (Å²) in [4.78, 5) is 0. The van der Waals surface area contributed by atoms with Crippen LogP contribution < -0.4 is 0 Å². The number of para-hydroxylation sites is 2. The molecule has 11 rings (SSSR count). The molecule has 230 valence electrons. The Hall–Kier alpha value is -6.44. The van der Waals surface area contributed by atoms with Gasteiger partial charge < -0.3 is 9.13 Å². The predicted octanol–water partition coefficient (Wildman–Crippen LogP) is 12.4. The van der Waals surface area contributed by atoms with E-state index in [-0.39, 0.29) is 0 Å². The molecule has 0 N–H and O–H groups in total. The van der Waals surface area contributed by atoms with E-state index in [2.05, 4.69) is 143 Å². The first-order valence-corrected chi connectivity index (χ1v) is 18.0. The highest BCUT2D eigenvalue weighted by atomic mass is 32.1. The molecule has 0 radical (unpaired) electrons. The summed E-state index contributed by atoms with van der Waals surface area (Å²) in [5.41, 5.74) is 6.71. The Morgan fingerprint density at radius 1 is 0.400 bits per heavy atom. The third-order valence-corrected chi connectivity index (χ3v) is 12.5. The zero-order valence-electron chi connectivity index (χ0n) is 26.3. The summed E-state index contributed by atoms with van der Waals surface area (Å²) in [5, 5.41) is 30.3. The average Bonchev–Trinajstić information content (AvgIpc) is 3.91. The van der Waals surface area contributed by atoms with E-state index in [9.17, 15) is 10.5 Å². The molecular weight excluding hydrogens is 649 g/mol. The lowest BCUT2D eigenvalue weighted by atomic mass is 10.0. The van der Waals surface area contributed by atoms with Gasteiger partial charge in [0.25, 0.3) is 0 Å². The molecule has 11 aromatic rings. The number of hydrogen-bond donors (Lipinski definition) is 0. The zero-order valence-corrected chi connectivity index (χ0v) is 27.9. The summed E-state index contributed by atoms with van der Waals surface area (Å²) in [5.74, 6) is 0. The Morgan fingerprint density at radius 2 is 0.800 bits per heavy atom. The second kappa shape index (κ2) is 10.0. The van der Waals surface area contributed by atoms with E-state index in [0.717, 1.165) is 55.0 Å². The SMILES string of the molecule is N#Cc1cc(-n2c3ccccc3c3ccc4sc5ccccc5c4c32)c(-n2c3ccccc3c3ccc4sc5ccccc5c4c32)cc1C#N. The Bertz CT molecular complexity index is 3130. The van der Waals surface area contributed by atoms with Gasteiger partial charge in [0.2, 0.25) is 0 Å². The lowest BCUT2D eigenvalue weighted by molar-refractivity contribution is 1.10. The van der Waals surface area contributed by atoms with Gasteiger partial charge in [-0.05, 0) is 48.5 Å². The first-order valence-electron chi connectivity index (χ1n) is 16.4. The summed E-state index contributed by atoms with van der Waals surface area (Å²) < 4.78 is 9.58. The minimum Gasteiger partial charge on any atom is -0.306 e. The van der Waals surface area contributed by atoms with Crippen molar-refractivity contribution in [2.24, 2.45) is 0 Å². The summed E-state index contributed by atoms with van der Waals surface area (Å²) in [6, 6.07) is 51.8. The molecule has 0 spiro atoms. The Kier molecular flexibility index (Phi) is 5.52. The number of nitrogens with zero attached hydrogens (tertiary/aromatic N) is 4. The van der Waals surface area contributed by atoms with E-state index in [1.807, 2.05) is 12.1 Å². The highest BCUT2D eigenvalue weighted by Gasteiger charge is 2.25. The van der Waals surface area contributed by atoms with Crippen molar-refractivity contribution in [2.75, 3.05) is 0 Å². The van der Waals surface area contributed by atoms with Crippen molar-refractivity contribution in [1.29, 1.82) is 10.5 Å². The highest BCUT2D eigenvalue weighted by Crippen LogP contribution is 2.47.